The number of H-pyrrole nitrogens is 1. The highest BCUT2D eigenvalue weighted by molar-refractivity contribution is 5.94. The summed E-state index contributed by atoms with van der Waals surface area (Å²) in [6, 6.07) is 11.7. The Kier molecular flexibility index (Phi) is 3.94. The van der Waals surface area contributed by atoms with Crippen molar-refractivity contribution in [3.05, 3.63) is 69.1 Å². The zero-order chi connectivity index (χ0) is 16.5. The number of benzene rings is 1. The number of aromatic amines is 1. The Morgan fingerprint density at radius 1 is 1.21 bits per heavy atom. The molecule has 1 aliphatic carbocycles. The quantitative estimate of drug-likeness (QED) is 0.920. The smallest absolute Gasteiger partial charge is 0.261 e. The lowest BCUT2D eigenvalue weighted by atomic mass is 10.1. The second-order valence-electron chi connectivity index (χ2n) is 6.39. The lowest BCUT2D eigenvalue weighted by Crippen LogP contribution is -2.44. The average molecular weight is 324 g/mol. The van der Waals surface area contributed by atoms with Crippen molar-refractivity contribution in [3.8, 4) is 0 Å². The van der Waals surface area contributed by atoms with E-state index >= 15 is 0 Å². The van der Waals surface area contributed by atoms with Crippen LogP contribution in [0, 0.1) is 0 Å². The van der Waals surface area contributed by atoms with E-state index in [1.165, 1.54) is 0 Å². The number of amides is 1. The number of rotatable bonds is 2. The first-order valence-electron chi connectivity index (χ1n) is 8.43. The molecule has 0 saturated carbocycles. The predicted octanol–water partition coefficient (Wildman–Crippen LogP) is 2.08. The highest BCUT2D eigenvalue weighted by Crippen LogP contribution is 2.24. The molecule has 1 aromatic heterocycles. The van der Waals surface area contributed by atoms with Crippen molar-refractivity contribution < 1.29 is 9.53 Å². The Morgan fingerprint density at radius 3 is 2.88 bits per heavy atom. The van der Waals surface area contributed by atoms with Crippen LogP contribution < -0.4 is 5.56 Å². The van der Waals surface area contributed by atoms with E-state index in [4.69, 9.17) is 4.74 Å². The Labute approximate surface area is 140 Å². The maximum Gasteiger partial charge on any atom is 0.261 e. The lowest BCUT2D eigenvalue weighted by molar-refractivity contribution is -0.0228. The van der Waals surface area contributed by atoms with Crippen LogP contribution >= 0.6 is 0 Å². The molecule has 2 aliphatic rings. The third kappa shape index (κ3) is 2.76. The summed E-state index contributed by atoms with van der Waals surface area (Å²) < 4.78 is 5.80. The van der Waals surface area contributed by atoms with Crippen molar-refractivity contribution in [1.29, 1.82) is 0 Å². The van der Waals surface area contributed by atoms with Crippen LogP contribution in [0.15, 0.2) is 41.2 Å². The van der Waals surface area contributed by atoms with Crippen molar-refractivity contribution in [2.45, 2.75) is 25.4 Å². The molecule has 1 saturated heterocycles. The minimum absolute atomic E-state index is 0.141. The Hall–Kier alpha value is -2.40. The highest BCUT2D eigenvalue weighted by Gasteiger charge is 2.28. The first kappa shape index (κ1) is 15.1. The van der Waals surface area contributed by atoms with E-state index in [2.05, 4.69) is 4.98 Å². The Balaban J connectivity index is 1.57. The van der Waals surface area contributed by atoms with Gasteiger partial charge < -0.3 is 14.6 Å². The summed E-state index contributed by atoms with van der Waals surface area (Å²) in [4.78, 5) is 29.7. The van der Waals surface area contributed by atoms with E-state index < -0.39 is 0 Å². The normalized spacial score (nSPS) is 20.0. The number of fused-ring (bicyclic) bond motifs is 1. The van der Waals surface area contributed by atoms with Gasteiger partial charge in [0.2, 0.25) is 0 Å². The fraction of sp³-hybridized carbons (Fsp3) is 0.368. The third-order valence-corrected chi connectivity index (χ3v) is 4.84. The van der Waals surface area contributed by atoms with Crippen molar-refractivity contribution in [2.75, 3.05) is 19.7 Å². The predicted molar refractivity (Wildman–Crippen MR) is 90.1 cm³/mol. The number of aromatic nitrogens is 1. The van der Waals surface area contributed by atoms with E-state index in [9.17, 15) is 9.59 Å². The lowest BCUT2D eigenvalue weighted by Gasteiger charge is -2.33. The number of carbonyl (C=O) groups excluding carboxylic acids is 1. The monoisotopic (exact) mass is 324 g/mol. The largest absolute Gasteiger partial charge is 0.370 e. The fourth-order valence-corrected chi connectivity index (χ4v) is 3.55. The maximum absolute atomic E-state index is 12.8. The molecule has 5 heteroatoms. The number of aryl methyl sites for hydroxylation is 2. The molecule has 2 heterocycles. The van der Waals surface area contributed by atoms with Gasteiger partial charge in [-0.05, 0) is 36.5 Å². The molecule has 1 fully saturated rings. The molecule has 124 valence electrons. The molecule has 4 rings (SSSR count). The van der Waals surface area contributed by atoms with Crippen molar-refractivity contribution >= 4 is 5.91 Å². The molecule has 1 aliphatic heterocycles. The molecule has 0 spiro atoms. The minimum atomic E-state index is -0.275. The van der Waals surface area contributed by atoms with Crippen LogP contribution in [0.2, 0.25) is 0 Å². The second-order valence-corrected chi connectivity index (χ2v) is 6.39. The zero-order valence-electron chi connectivity index (χ0n) is 13.5. The number of carbonyl (C=O) groups is 1. The molecule has 1 amide bonds. The first-order chi connectivity index (χ1) is 11.7. The van der Waals surface area contributed by atoms with Crippen molar-refractivity contribution in [1.82, 2.24) is 9.88 Å². The maximum atomic E-state index is 12.8. The number of nitrogens with zero attached hydrogens (tertiary/aromatic N) is 1. The summed E-state index contributed by atoms with van der Waals surface area (Å²) in [5, 5.41) is 0. The van der Waals surface area contributed by atoms with Gasteiger partial charge in [-0.15, -0.1) is 0 Å². The summed E-state index contributed by atoms with van der Waals surface area (Å²) in [5.41, 5.74) is 3.12. The molecule has 1 atom stereocenters. The van der Waals surface area contributed by atoms with Crippen LogP contribution in [-0.2, 0) is 17.6 Å². The fourth-order valence-electron chi connectivity index (χ4n) is 3.55. The molecular formula is C19H20N2O3. The molecular weight excluding hydrogens is 304 g/mol. The number of hydrogen-bond acceptors (Lipinski definition) is 3. The van der Waals surface area contributed by atoms with Gasteiger partial charge in [-0.25, -0.2) is 0 Å². The number of nitrogens with one attached hydrogen (secondary N) is 1. The van der Waals surface area contributed by atoms with Gasteiger partial charge >= 0.3 is 0 Å². The molecule has 1 N–H and O–H groups in total. The van der Waals surface area contributed by atoms with E-state index in [1.807, 2.05) is 30.3 Å². The molecule has 0 bridgehead atoms. The number of ether oxygens (including phenoxy) is 1. The molecule has 1 aromatic carbocycles. The van der Waals surface area contributed by atoms with Crippen molar-refractivity contribution in [2.24, 2.45) is 0 Å². The van der Waals surface area contributed by atoms with Gasteiger partial charge in [0.1, 0.15) is 11.7 Å². The van der Waals surface area contributed by atoms with Crippen LogP contribution in [0.1, 0.15) is 39.7 Å². The number of pyridine rings is 1. The topological polar surface area (TPSA) is 62.4 Å². The molecule has 5 nitrogen and oxygen atoms in total. The van der Waals surface area contributed by atoms with Crippen LogP contribution in [-0.4, -0.2) is 35.5 Å². The second kappa shape index (κ2) is 6.24. The van der Waals surface area contributed by atoms with E-state index in [-0.39, 0.29) is 23.1 Å². The SMILES string of the molecule is O=C(c1cc2c([nH]c1=O)CCC2)N1CCO[C@H](c2ccccc2)C1. The van der Waals surface area contributed by atoms with Crippen LogP contribution in [0.25, 0.3) is 0 Å². The number of morpholine rings is 1. The summed E-state index contributed by atoms with van der Waals surface area (Å²) >= 11 is 0. The zero-order valence-corrected chi connectivity index (χ0v) is 13.5. The third-order valence-electron chi connectivity index (χ3n) is 4.84. The Morgan fingerprint density at radius 2 is 2.04 bits per heavy atom. The number of hydrogen-bond donors (Lipinski definition) is 1. The molecule has 2 aromatic rings. The molecule has 0 radical (unpaired) electrons. The van der Waals surface area contributed by atoms with Crippen LogP contribution in [0.4, 0.5) is 0 Å². The van der Waals surface area contributed by atoms with Gasteiger partial charge in [0.25, 0.3) is 11.5 Å². The van der Waals surface area contributed by atoms with Gasteiger partial charge in [0, 0.05) is 12.2 Å². The van der Waals surface area contributed by atoms with E-state index in [1.54, 1.807) is 11.0 Å². The van der Waals surface area contributed by atoms with Gasteiger partial charge in [0.15, 0.2) is 0 Å². The van der Waals surface area contributed by atoms with Crippen LogP contribution in [0.5, 0.6) is 0 Å². The highest BCUT2D eigenvalue weighted by atomic mass is 16.5. The minimum Gasteiger partial charge on any atom is -0.370 e. The van der Waals surface area contributed by atoms with Gasteiger partial charge in [0.05, 0.1) is 13.2 Å². The average Bonchev–Trinajstić information content (AvgIpc) is 3.08. The molecule has 24 heavy (non-hydrogen) atoms. The summed E-state index contributed by atoms with van der Waals surface area (Å²) in [7, 11) is 0. The summed E-state index contributed by atoms with van der Waals surface area (Å²) in [5.74, 6) is -0.199. The van der Waals surface area contributed by atoms with Crippen LogP contribution in [0.3, 0.4) is 0 Å². The van der Waals surface area contributed by atoms with E-state index in [0.717, 1.165) is 36.1 Å². The van der Waals surface area contributed by atoms with E-state index in [0.29, 0.717) is 19.7 Å². The summed E-state index contributed by atoms with van der Waals surface area (Å²) in [6.07, 6.45) is 2.73. The first-order valence-corrected chi connectivity index (χ1v) is 8.43. The van der Waals surface area contributed by atoms with Crippen molar-refractivity contribution in [3.63, 3.8) is 0 Å². The van der Waals surface area contributed by atoms with Gasteiger partial charge in [-0.2, -0.15) is 0 Å². The standard InChI is InChI=1S/C19H20N2O3/c22-18-15(11-14-7-4-8-16(14)20-18)19(23)21-9-10-24-17(12-21)13-5-2-1-3-6-13/h1-3,5-6,11,17H,4,7-10,12H2,(H,20,22)/t17-/m0/s1. The van der Waals surface area contributed by atoms with Gasteiger partial charge in [-0.1, -0.05) is 30.3 Å². The molecule has 0 unspecified atom stereocenters. The van der Waals surface area contributed by atoms with Gasteiger partial charge in [-0.3, -0.25) is 9.59 Å². The summed E-state index contributed by atoms with van der Waals surface area (Å²) in [6.45, 7) is 1.46. The Bertz CT molecular complexity index is 813.